The lowest BCUT2D eigenvalue weighted by Gasteiger charge is -2.19. The van der Waals surface area contributed by atoms with Crippen LogP contribution in [-0.2, 0) is 0 Å². The van der Waals surface area contributed by atoms with Crippen LogP contribution < -0.4 is 5.32 Å². The Hall–Kier alpha value is -1.82. The third-order valence-corrected chi connectivity index (χ3v) is 2.86. The Morgan fingerprint density at radius 3 is 3.12 bits per heavy atom. The number of hydrogen-bond donors (Lipinski definition) is 1. The average molecular weight is 231 g/mol. The van der Waals surface area contributed by atoms with E-state index in [1.54, 1.807) is 12.3 Å². The molecule has 0 aliphatic carbocycles. The second-order valence-electron chi connectivity index (χ2n) is 4.05. The first-order valence-corrected chi connectivity index (χ1v) is 5.77. The van der Waals surface area contributed by atoms with Crippen LogP contribution in [0.15, 0.2) is 23.1 Å². The predicted octanol–water partition coefficient (Wildman–Crippen LogP) is 1.34. The normalized spacial score (nSPS) is 20.4. The van der Waals surface area contributed by atoms with Crippen LogP contribution in [0.5, 0.6) is 0 Å². The van der Waals surface area contributed by atoms with Crippen LogP contribution in [0.3, 0.4) is 0 Å². The molecule has 2 aromatic rings. The van der Waals surface area contributed by atoms with Crippen molar-refractivity contribution in [1.82, 2.24) is 25.4 Å². The standard InChI is InChI=1S/C11H13N5O/c1-2-5-13-9(3-1)11-15-10(16-17-11)8-4-6-12-7-14-8/h4,6-7,9,13H,1-3,5H2/t9-/m0/s1. The highest BCUT2D eigenvalue weighted by Gasteiger charge is 2.21. The second kappa shape index (κ2) is 4.58. The summed E-state index contributed by atoms with van der Waals surface area (Å²) in [6, 6.07) is 1.95. The van der Waals surface area contributed by atoms with Crippen LogP contribution in [0, 0.1) is 0 Å². The Morgan fingerprint density at radius 2 is 2.35 bits per heavy atom. The highest BCUT2D eigenvalue weighted by atomic mass is 16.5. The fourth-order valence-corrected chi connectivity index (χ4v) is 1.97. The molecule has 1 aliphatic rings. The summed E-state index contributed by atoms with van der Waals surface area (Å²) < 4.78 is 5.27. The van der Waals surface area contributed by atoms with Crippen molar-refractivity contribution in [2.45, 2.75) is 25.3 Å². The molecule has 6 heteroatoms. The average Bonchev–Trinajstić information content (AvgIpc) is 2.90. The monoisotopic (exact) mass is 231 g/mol. The van der Waals surface area contributed by atoms with Crippen LogP contribution in [0.4, 0.5) is 0 Å². The van der Waals surface area contributed by atoms with Gasteiger partial charge in [-0.25, -0.2) is 9.97 Å². The van der Waals surface area contributed by atoms with Crippen LogP contribution in [0.1, 0.15) is 31.2 Å². The van der Waals surface area contributed by atoms with E-state index in [4.69, 9.17) is 4.52 Å². The van der Waals surface area contributed by atoms with Crippen molar-refractivity contribution in [3.8, 4) is 11.5 Å². The molecule has 0 saturated carbocycles. The Morgan fingerprint density at radius 1 is 1.35 bits per heavy atom. The molecular formula is C11H13N5O. The lowest BCUT2D eigenvalue weighted by atomic mass is 10.1. The maximum atomic E-state index is 5.27. The smallest absolute Gasteiger partial charge is 0.244 e. The SMILES string of the molecule is c1cc(-c2noc([C@@H]3CCCCN3)n2)ncn1. The van der Waals surface area contributed by atoms with E-state index < -0.39 is 0 Å². The maximum Gasteiger partial charge on any atom is 0.244 e. The first-order chi connectivity index (χ1) is 8.43. The van der Waals surface area contributed by atoms with Crippen molar-refractivity contribution >= 4 is 0 Å². The molecular weight excluding hydrogens is 218 g/mol. The zero-order chi connectivity index (χ0) is 11.5. The van der Waals surface area contributed by atoms with Crippen molar-refractivity contribution in [2.75, 3.05) is 6.54 Å². The van der Waals surface area contributed by atoms with E-state index in [1.165, 1.54) is 19.2 Å². The topological polar surface area (TPSA) is 76.7 Å². The molecule has 0 spiro atoms. The van der Waals surface area contributed by atoms with Crippen molar-refractivity contribution in [1.29, 1.82) is 0 Å². The molecule has 1 atom stereocenters. The Balaban J connectivity index is 1.83. The van der Waals surface area contributed by atoms with Crippen LogP contribution in [0.25, 0.3) is 11.5 Å². The van der Waals surface area contributed by atoms with Gasteiger partial charge in [0.1, 0.15) is 12.0 Å². The molecule has 1 aliphatic heterocycles. The number of piperidine rings is 1. The molecule has 17 heavy (non-hydrogen) atoms. The molecule has 0 aromatic carbocycles. The predicted molar refractivity (Wildman–Crippen MR) is 59.9 cm³/mol. The molecule has 3 rings (SSSR count). The molecule has 3 heterocycles. The summed E-state index contributed by atoms with van der Waals surface area (Å²) in [5.74, 6) is 1.17. The van der Waals surface area contributed by atoms with Gasteiger partial charge in [0.05, 0.1) is 6.04 Å². The van der Waals surface area contributed by atoms with Gasteiger partial charge in [0.25, 0.3) is 0 Å². The van der Waals surface area contributed by atoms with Gasteiger partial charge in [-0.05, 0) is 25.5 Å². The highest BCUT2D eigenvalue weighted by Crippen LogP contribution is 2.23. The first kappa shape index (κ1) is 10.3. The number of aromatic nitrogens is 4. The number of hydrogen-bond acceptors (Lipinski definition) is 6. The number of nitrogens with zero attached hydrogens (tertiary/aromatic N) is 4. The summed E-state index contributed by atoms with van der Waals surface area (Å²) in [5, 5.41) is 7.32. The van der Waals surface area contributed by atoms with Gasteiger partial charge in [0.15, 0.2) is 0 Å². The van der Waals surface area contributed by atoms with Gasteiger partial charge in [0.2, 0.25) is 11.7 Å². The van der Waals surface area contributed by atoms with Gasteiger partial charge in [-0.2, -0.15) is 4.98 Å². The van der Waals surface area contributed by atoms with Gasteiger partial charge in [-0.3, -0.25) is 0 Å². The maximum absolute atomic E-state index is 5.27. The van der Waals surface area contributed by atoms with E-state index in [9.17, 15) is 0 Å². The molecule has 0 unspecified atom stereocenters. The van der Waals surface area contributed by atoms with Gasteiger partial charge >= 0.3 is 0 Å². The van der Waals surface area contributed by atoms with Gasteiger partial charge < -0.3 is 9.84 Å². The van der Waals surface area contributed by atoms with E-state index in [1.807, 2.05) is 0 Å². The lowest BCUT2D eigenvalue weighted by Crippen LogP contribution is -2.26. The fourth-order valence-electron chi connectivity index (χ4n) is 1.97. The molecule has 0 radical (unpaired) electrons. The molecule has 2 aromatic heterocycles. The van der Waals surface area contributed by atoms with Crippen LogP contribution >= 0.6 is 0 Å². The van der Waals surface area contributed by atoms with Crippen LogP contribution in [-0.4, -0.2) is 26.7 Å². The van der Waals surface area contributed by atoms with E-state index in [0.717, 1.165) is 13.0 Å². The summed E-state index contributed by atoms with van der Waals surface area (Å²) in [6.45, 7) is 1.01. The lowest BCUT2D eigenvalue weighted by molar-refractivity contribution is 0.297. The quantitative estimate of drug-likeness (QED) is 0.840. The molecule has 1 fully saturated rings. The third-order valence-electron chi connectivity index (χ3n) is 2.86. The minimum absolute atomic E-state index is 0.187. The van der Waals surface area contributed by atoms with Gasteiger partial charge in [-0.15, -0.1) is 0 Å². The molecule has 1 N–H and O–H groups in total. The zero-order valence-corrected chi connectivity index (χ0v) is 9.33. The van der Waals surface area contributed by atoms with E-state index in [0.29, 0.717) is 17.4 Å². The molecule has 0 amide bonds. The third kappa shape index (κ3) is 2.16. The summed E-state index contributed by atoms with van der Waals surface area (Å²) in [7, 11) is 0. The first-order valence-electron chi connectivity index (χ1n) is 5.77. The van der Waals surface area contributed by atoms with E-state index >= 15 is 0 Å². The molecule has 88 valence electrons. The highest BCUT2D eigenvalue weighted by molar-refractivity contribution is 5.46. The summed E-state index contributed by atoms with van der Waals surface area (Å²) in [6.07, 6.45) is 6.60. The Labute approximate surface area is 98.5 Å². The van der Waals surface area contributed by atoms with Gasteiger partial charge in [0, 0.05) is 6.20 Å². The van der Waals surface area contributed by atoms with Crippen LogP contribution in [0.2, 0.25) is 0 Å². The summed E-state index contributed by atoms with van der Waals surface area (Å²) in [4.78, 5) is 12.3. The second-order valence-corrected chi connectivity index (χ2v) is 4.05. The molecule has 6 nitrogen and oxygen atoms in total. The minimum Gasteiger partial charge on any atom is -0.337 e. The number of rotatable bonds is 2. The minimum atomic E-state index is 0.187. The molecule has 0 bridgehead atoms. The van der Waals surface area contributed by atoms with Crippen molar-refractivity contribution in [2.24, 2.45) is 0 Å². The van der Waals surface area contributed by atoms with Crippen molar-refractivity contribution in [3.63, 3.8) is 0 Å². The van der Waals surface area contributed by atoms with Crippen molar-refractivity contribution in [3.05, 3.63) is 24.5 Å². The largest absolute Gasteiger partial charge is 0.337 e. The van der Waals surface area contributed by atoms with E-state index in [2.05, 4.69) is 25.4 Å². The summed E-state index contributed by atoms with van der Waals surface area (Å²) in [5.41, 5.74) is 0.686. The number of nitrogens with one attached hydrogen (secondary N) is 1. The van der Waals surface area contributed by atoms with Gasteiger partial charge in [-0.1, -0.05) is 11.6 Å². The molecule has 1 saturated heterocycles. The Kier molecular flexibility index (Phi) is 2.79. The zero-order valence-electron chi connectivity index (χ0n) is 9.33. The van der Waals surface area contributed by atoms with E-state index in [-0.39, 0.29) is 6.04 Å². The Bertz CT molecular complexity index is 478. The fraction of sp³-hybridized carbons (Fsp3) is 0.455. The summed E-state index contributed by atoms with van der Waals surface area (Å²) >= 11 is 0. The van der Waals surface area contributed by atoms with Crippen molar-refractivity contribution < 1.29 is 4.52 Å².